The van der Waals surface area contributed by atoms with Gasteiger partial charge in [0.25, 0.3) is 0 Å². The first kappa shape index (κ1) is 19.8. The molecule has 2 heterocycles. The van der Waals surface area contributed by atoms with Gasteiger partial charge >= 0.3 is 5.97 Å². The Labute approximate surface area is 151 Å². The number of aryl methyl sites for hydroxylation is 1. The lowest BCUT2D eigenvalue weighted by Crippen LogP contribution is -2.51. The van der Waals surface area contributed by atoms with E-state index in [2.05, 4.69) is 0 Å². The van der Waals surface area contributed by atoms with Gasteiger partial charge < -0.3 is 14.7 Å². The molecular formula is C15H22N2O6S2. The summed E-state index contributed by atoms with van der Waals surface area (Å²) < 4.78 is 29.8. The van der Waals surface area contributed by atoms with E-state index < -0.39 is 28.6 Å². The van der Waals surface area contributed by atoms with Crippen LogP contribution in [-0.2, 0) is 30.8 Å². The van der Waals surface area contributed by atoms with Crippen molar-refractivity contribution >= 4 is 33.2 Å². The van der Waals surface area contributed by atoms with E-state index in [1.54, 1.807) is 16.2 Å². The Morgan fingerprint density at radius 3 is 2.84 bits per heavy atom. The maximum atomic E-state index is 12.3. The Bertz CT molecular complexity index is 689. The molecule has 1 N–H and O–H groups in total. The Morgan fingerprint density at radius 2 is 2.24 bits per heavy atom. The molecule has 25 heavy (non-hydrogen) atoms. The fourth-order valence-corrected chi connectivity index (χ4v) is 4.08. The smallest absolute Gasteiger partial charge is 0.318 e. The number of nitrogens with zero attached hydrogens (tertiary/aromatic N) is 2. The lowest BCUT2D eigenvalue weighted by Gasteiger charge is -2.35. The standard InChI is InChI=1S/C15H22N2O6S2/c1-25(21,22)17(10-15(19)20)9-13-8-16(5-6-23-13)14(18)3-2-12-4-7-24-11-12/h4,7,11,13H,2-3,5-6,8-10H2,1H3,(H,19,20). The summed E-state index contributed by atoms with van der Waals surface area (Å²) in [6.07, 6.45) is 1.48. The summed E-state index contributed by atoms with van der Waals surface area (Å²) in [5, 5.41) is 12.8. The lowest BCUT2D eigenvalue weighted by molar-refractivity contribution is -0.141. The van der Waals surface area contributed by atoms with Crippen molar-refractivity contribution in [3.05, 3.63) is 22.4 Å². The molecular weight excluding hydrogens is 368 g/mol. The van der Waals surface area contributed by atoms with Gasteiger partial charge in [0.2, 0.25) is 15.9 Å². The number of aliphatic carboxylic acids is 1. The number of carboxylic acid groups (broad SMARTS) is 1. The van der Waals surface area contributed by atoms with E-state index in [1.165, 1.54) is 0 Å². The van der Waals surface area contributed by atoms with Crippen LogP contribution in [0.4, 0.5) is 0 Å². The summed E-state index contributed by atoms with van der Waals surface area (Å²) in [6, 6.07) is 1.98. The maximum absolute atomic E-state index is 12.3. The molecule has 1 aliphatic heterocycles. The number of hydrogen-bond acceptors (Lipinski definition) is 6. The van der Waals surface area contributed by atoms with Crippen LogP contribution in [0.15, 0.2) is 16.8 Å². The molecule has 10 heteroatoms. The van der Waals surface area contributed by atoms with Crippen LogP contribution in [0.2, 0.25) is 0 Å². The van der Waals surface area contributed by atoms with Crippen molar-refractivity contribution < 1.29 is 27.9 Å². The number of sulfonamides is 1. The molecule has 1 aromatic rings. The Kier molecular flexibility index (Phi) is 6.94. The van der Waals surface area contributed by atoms with Crippen molar-refractivity contribution in [3.63, 3.8) is 0 Å². The zero-order chi connectivity index (χ0) is 18.4. The third-order valence-corrected chi connectivity index (χ3v) is 5.84. The molecule has 0 bridgehead atoms. The topological polar surface area (TPSA) is 104 Å². The van der Waals surface area contributed by atoms with Crippen LogP contribution in [0.1, 0.15) is 12.0 Å². The van der Waals surface area contributed by atoms with Crippen molar-refractivity contribution in [1.29, 1.82) is 0 Å². The van der Waals surface area contributed by atoms with E-state index >= 15 is 0 Å². The fourth-order valence-electron chi connectivity index (χ4n) is 2.60. The molecule has 1 fully saturated rings. The van der Waals surface area contributed by atoms with Gasteiger partial charge in [0.05, 0.1) is 19.0 Å². The normalized spacial score (nSPS) is 18.5. The number of ether oxygens (including phenoxy) is 1. The molecule has 1 aromatic heterocycles. The van der Waals surface area contributed by atoms with Crippen LogP contribution >= 0.6 is 11.3 Å². The molecule has 8 nitrogen and oxygen atoms in total. The molecule has 2 rings (SSSR count). The monoisotopic (exact) mass is 390 g/mol. The van der Waals surface area contributed by atoms with Crippen LogP contribution in [0.5, 0.6) is 0 Å². The van der Waals surface area contributed by atoms with Crippen molar-refractivity contribution in [2.75, 3.05) is 39.0 Å². The van der Waals surface area contributed by atoms with Gasteiger partial charge in [-0.3, -0.25) is 9.59 Å². The second-order valence-electron chi connectivity index (χ2n) is 5.91. The Morgan fingerprint density at radius 1 is 1.48 bits per heavy atom. The van der Waals surface area contributed by atoms with Gasteiger partial charge in [-0.2, -0.15) is 15.6 Å². The van der Waals surface area contributed by atoms with Crippen molar-refractivity contribution in [1.82, 2.24) is 9.21 Å². The maximum Gasteiger partial charge on any atom is 0.318 e. The third-order valence-electron chi connectivity index (χ3n) is 3.89. The highest BCUT2D eigenvalue weighted by Crippen LogP contribution is 2.13. The molecule has 1 amide bonds. The second kappa shape index (κ2) is 8.75. The van der Waals surface area contributed by atoms with E-state index in [4.69, 9.17) is 9.84 Å². The van der Waals surface area contributed by atoms with Crippen LogP contribution in [0.25, 0.3) is 0 Å². The highest BCUT2D eigenvalue weighted by Gasteiger charge is 2.29. The van der Waals surface area contributed by atoms with Gasteiger partial charge in [-0.25, -0.2) is 8.42 Å². The predicted octanol–water partition coefficient (Wildman–Crippen LogP) is 0.254. The fraction of sp³-hybridized carbons (Fsp3) is 0.600. The first-order chi connectivity index (χ1) is 11.8. The first-order valence-corrected chi connectivity index (χ1v) is 10.6. The molecule has 0 radical (unpaired) electrons. The summed E-state index contributed by atoms with van der Waals surface area (Å²) in [6.45, 7) is 0.314. The molecule has 0 saturated carbocycles. The third kappa shape index (κ3) is 6.38. The van der Waals surface area contributed by atoms with Crippen LogP contribution in [0.3, 0.4) is 0 Å². The zero-order valence-electron chi connectivity index (χ0n) is 14.0. The number of thiophene rings is 1. The minimum absolute atomic E-state index is 0.0105. The lowest BCUT2D eigenvalue weighted by atomic mass is 10.1. The quantitative estimate of drug-likeness (QED) is 0.683. The number of rotatable bonds is 8. The molecule has 1 aliphatic rings. The highest BCUT2D eigenvalue weighted by molar-refractivity contribution is 7.88. The van der Waals surface area contributed by atoms with E-state index in [0.29, 0.717) is 26.0 Å². The summed E-state index contributed by atoms with van der Waals surface area (Å²) in [5.74, 6) is -1.24. The van der Waals surface area contributed by atoms with Gasteiger partial charge in [-0.15, -0.1) is 0 Å². The number of carboxylic acids is 1. The van der Waals surface area contributed by atoms with Gasteiger partial charge in [-0.05, 0) is 28.8 Å². The molecule has 140 valence electrons. The minimum atomic E-state index is -3.67. The van der Waals surface area contributed by atoms with E-state index in [-0.39, 0.29) is 19.0 Å². The number of hydrogen-bond donors (Lipinski definition) is 1. The molecule has 1 atom stereocenters. The van der Waals surface area contributed by atoms with Gasteiger partial charge in [0.15, 0.2) is 0 Å². The van der Waals surface area contributed by atoms with Gasteiger partial charge in [-0.1, -0.05) is 0 Å². The van der Waals surface area contributed by atoms with Gasteiger partial charge in [0.1, 0.15) is 6.54 Å². The first-order valence-electron chi connectivity index (χ1n) is 7.83. The Hall–Kier alpha value is -1.49. The molecule has 0 spiro atoms. The largest absolute Gasteiger partial charge is 0.480 e. The van der Waals surface area contributed by atoms with E-state index in [1.807, 2.05) is 16.8 Å². The predicted molar refractivity (Wildman–Crippen MR) is 93.0 cm³/mol. The summed E-state index contributed by atoms with van der Waals surface area (Å²) in [7, 11) is -3.67. The zero-order valence-corrected chi connectivity index (χ0v) is 15.6. The number of carbonyl (C=O) groups is 2. The SMILES string of the molecule is CS(=O)(=O)N(CC(=O)O)CC1CN(C(=O)CCc2ccsc2)CCO1. The second-order valence-corrected chi connectivity index (χ2v) is 8.68. The number of amides is 1. The molecule has 0 aromatic carbocycles. The minimum Gasteiger partial charge on any atom is -0.480 e. The van der Waals surface area contributed by atoms with Crippen molar-refractivity contribution in [3.8, 4) is 0 Å². The van der Waals surface area contributed by atoms with Gasteiger partial charge in [0, 0.05) is 26.1 Å². The molecule has 1 saturated heterocycles. The summed E-state index contributed by atoms with van der Waals surface area (Å²) in [4.78, 5) is 24.9. The molecule has 0 aliphatic carbocycles. The average Bonchev–Trinajstić information content (AvgIpc) is 3.04. The Balaban J connectivity index is 1.90. The van der Waals surface area contributed by atoms with Crippen molar-refractivity contribution in [2.24, 2.45) is 0 Å². The summed E-state index contributed by atoms with van der Waals surface area (Å²) in [5.41, 5.74) is 1.12. The van der Waals surface area contributed by atoms with Crippen molar-refractivity contribution in [2.45, 2.75) is 18.9 Å². The summed E-state index contributed by atoms with van der Waals surface area (Å²) >= 11 is 1.59. The van der Waals surface area contributed by atoms with E-state index in [0.717, 1.165) is 16.1 Å². The average molecular weight is 390 g/mol. The van der Waals surface area contributed by atoms with Crippen LogP contribution < -0.4 is 0 Å². The molecule has 1 unspecified atom stereocenters. The highest BCUT2D eigenvalue weighted by atomic mass is 32.2. The van der Waals surface area contributed by atoms with Crippen LogP contribution in [-0.4, -0.2) is 79.8 Å². The number of carbonyl (C=O) groups excluding carboxylic acids is 1. The van der Waals surface area contributed by atoms with Crippen LogP contribution in [0, 0.1) is 0 Å². The number of morpholine rings is 1. The van der Waals surface area contributed by atoms with E-state index in [9.17, 15) is 18.0 Å².